The lowest BCUT2D eigenvalue weighted by molar-refractivity contribution is -0.269. The number of ether oxygens (including phenoxy) is 4. The maximum atomic E-state index is 12.8. The Morgan fingerprint density at radius 2 is 1.87 bits per heavy atom. The van der Waals surface area contributed by atoms with Gasteiger partial charge in [-0.2, -0.15) is 0 Å². The zero-order valence-electron chi connectivity index (χ0n) is 22.9. The first-order chi connectivity index (χ1) is 18.3. The summed E-state index contributed by atoms with van der Waals surface area (Å²) in [6.45, 7) is 11.3. The number of furan rings is 1. The summed E-state index contributed by atoms with van der Waals surface area (Å²) in [6.07, 6.45) is 0.293. The van der Waals surface area contributed by atoms with Crippen LogP contribution in [-0.4, -0.2) is 49.3 Å². The van der Waals surface area contributed by atoms with Crippen LogP contribution in [-0.2, 0) is 27.2 Å². The predicted molar refractivity (Wildman–Crippen MR) is 151 cm³/mol. The lowest BCUT2D eigenvalue weighted by Gasteiger charge is -2.45. The van der Waals surface area contributed by atoms with E-state index in [9.17, 15) is 4.79 Å². The van der Waals surface area contributed by atoms with Crippen LogP contribution in [0.4, 0.5) is 10.5 Å². The second-order valence-electron chi connectivity index (χ2n) is 11.6. The molecule has 1 N–H and O–H groups in total. The lowest BCUT2D eigenvalue weighted by atomic mass is 9.99. The first-order valence-electron chi connectivity index (χ1n) is 13.0. The predicted octanol–water partition coefficient (Wildman–Crippen LogP) is 6.73. The van der Waals surface area contributed by atoms with E-state index in [0.717, 1.165) is 35.4 Å². The second-order valence-corrected chi connectivity index (χ2v) is 12.5. The highest BCUT2D eigenvalue weighted by atomic mass is 35.5. The number of hydrogen-bond acceptors (Lipinski definition) is 7. The number of rotatable bonds is 6. The van der Waals surface area contributed by atoms with Gasteiger partial charge in [-0.3, -0.25) is 0 Å². The Morgan fingerprint density at radius 3 is 2.59 bits per heavy atom. The first kappa shape index (κ1) is 27.9. The number of anilines is 1. The van der Waals surface area contributed by atoms with Crippen LogP contribution >= 0.6 is 23.2 Å². The van der Waals surface area contributed by atoms with Crippen LogP contribution in [0.15, 0.2) is 40.8 Å². The Hall–Kier alpha value is -2.65. The van der Waals surface area contributed by atoms with Crippen LogP contribution in [0, 0.1) is 0 Å². The van der Waals surface area contributed by atoms with E-state index >= 15 is 0 Å². The van der Waals surface area contributed by atoms with Crippen molar-refractivity contribution in [2.45, 2.75) is 64.6 Å². The summed E-state index contributed by atoms with van der Waals surface area (Å²) < 4.78 is 29.7. The summed E-state index contributed by atoms with van der Waals surface area (Å²) in [4.78, 5) is 15.0. The number of nitrogens with one attached hydrogen (secondary N) is 1. The molecule has 10 heteroatoms. The molecule has 8 nitrogen and oxygen atoms in total. The van der Waals surface area contributed by atoms with Crippen molar-refractivity contribution in [2.75, 3.05) is 31.2 Å². The summed E-state index contributed by atoms with van der Waals surface area (Å²) in [5.41, 5.74) is 1.36. The molecule has 1 saturated heterocycles. The number of hydrogen-bond donors (Lipinski definition) is 1. The van der Waals surface area contributed by atoms with Gasteiger partial charge in [0.2, 0.25) is 0 Å². The molecule has 1 aromatic heterocycles. The molecule has 210 valence electrons. The van der Waals surface area contributed by atoms with Crippen molar-refractivity contribution in [1.29, 1.82) is 0 Å². The summed E-state index contributed by atoms with van der Waals surface area (Å²) in [5.74, 6) is 0.710. The monoisotopic (exact) mass is 576 g/mol. The highest BCUT2D eigenvalue weighted by Crippen LogP contribution is 2.38. The topological polar surface area (TPSA) is 82.4 Å². The van der Waals surface area contributed by atoms with Gasteiger partial charge in [0.05, 0.1) is 18.2 Å². The van der Waals surface area contributed by atoms with Gasteiger partial charge < -0.3 is 33.6 Å². The highest BCUT2D eigenvalue weighted by molar-refractivity contribution is 6.38. The largest absolute Gasteiger partial charge is 0.485 e. The van der Waals surface area contributed by atoms with E-state index in [1.165, 1.54) is 0 Å². The van der Waals surface area contributed by atoms with Gasteiger partial charge in [-0.25, -0.2) is 4.79 Å². The van der Waals surface area contributed by atoms with Gasteiger partial charge in [0.15, 0.2) is 5.79 Å². The zero-order chi connectivity index (χ0) is 28.0. The third-order valence-electron chi connectivity index (χ3n) is 6.71. The standard InChI is InChI=1S/C29H34Cl2N2O6/c1-27(2,3)39-26(34)32-29(16-36-28(4,5)37-17-29)15-33-10-9-20-23(33)7-6-8-24(20)35-14-19-13-21-22(31)11-18(30)12-25(21)38-19/h6-8,11-13H,9-10,14-17H2,1-5H3,(H,32,34). The van der Waals surface area contributed by atoms with E-state index in [-0.39, 0.29) is 6.61 Å². The summed E-state index contributed by atoms with van der Waals surface area (Å²) in [7, 11) is 0. The number of alkyl carbamates (subject to hydrolysis) is 1. The van der Waals surface area contributed by atoms with Crippen molar-refractivity contribution in [3.05, 3.63) is 57.8 Å². The van der Waals surface area contributed by atoms with Gasteiger partial charge in [0.1, 0.15) is 34.8 Å². The van der Waals surface area contributed by atoms with Crippen LogP contribution in [0.5, 0.6) is 5.75 Å². The van der Waals surface area contributed by atoms with E-state index in [4.69, 9.17) is 46.6 Å². The van der Waals surface area contributed by atoms with Gasteiger partial charge in [-0.1, -0.05) is 29.3 Å². The molecule has 3 heterocycles. The summed E-state index contributed by atoms with van der Waals surface area (Å²) >= 11 is 12.4. The summed E-state index contributed by atoms with van der Waals surface area (Å²) in [6, 6.07) is 11.3. The third-order valence-corrected chi connectivity index (χ3v) is 7.24. The fourth-order valence-electron chi connectivity index (χ4n) is 4.90. The number of nitrogens with zero attached hydrogens (tertiary/aromatic N) is 1. The molecule has 2 aromatic carbocycles. The molecular formula is C29H34Cl2N2O6. The quantitative estimate of drug-likeness (QED) is 0.348. The molecule has 0 atom stereocenters. The maximum absolute atomic E-state index is 12.8. The zero-order valence-corrected chi connectivity index (χ0v) is 24.4. The third kappa shape index (κ3) is 6.40. The molecule has 0 saturated carbocycles. The molecule has 5 rings (SSSR count). The van der Waals surface area contributed by atoms with E-state index < -0.39 is 23.0 Å². The van der Waals surface area contributed by atoms with Crippen molar-refractivity contribution >= 4 is 46.0 Å². The Balaban J connectivity index is 1.32. The molecule has 3 aromatic rings. The Labute approximate surface area is 238 Å². The van der Waals surface area contributed by atoms with Crippen molar-refractivity contribution < 1.29 is 28.2 Å². The highest BCUT2D eigenvalue weighted by Gasteiger charge is 2.44. The van der Waals surface area contributed by atoms with Crippen LogP contribution in [0.2, 0.25) is 10.0 Å². The summed E-state index contributed by atoms with van der Waals surface area (Å²) in [5, 5.41) is 4.91. The number of carbonyl (C=O) groups is 1. The minimum atomic E-state index is -0.787. The molecule has 1 fully saturated rings. The van der Waals surface area contributed by atoms with E-state index in [2.05, 4.69) is 16.3 Å². The molecule has 0 radical (unpaired) electrons. The van der Waals surface area contributed by atoms with Gasteiger partial charge in [0, 0.05) is 40.8 Å². The van der Waals surface area contributed by atoms with Gasteiger partial charge >= 0.3 is 6.09 Å². The number of halogens is 2. The Morgan fingerprint density at radius 1 is 1.13 bits per heavy atom. The SMILES string of the molecule is CC(C)(C)OC(=O)NC1(CN2CCc3c(OCc4cc5c(Cl)cc(Cl)cc5o4)cccc32)COC(C)(C)OC1. The fraction of sp³-hybridized carbons (Fsp3) is 0.483. The average Bonchev–Trinajstić information content (AvgIpc) is 3.43. The number of benzene rings is 2. The lowest BCUT2D eigenvalue weighted by Crippen LogP contribution is -2.66. The van der Waals surface area contributed by atoms with Crippen LogP contribution in [0.25, 0.3) is 11.0 Å². The van der Waals surface area contributed by atoms with Crippen molar-refractivity contribution in [1.82, 2.24) is 5.32 Å². The molecule has 0 aliphatic carbocycles. The molecule has 0 spiro atoms. The normalized spacial score (nSPS) is 18.2. The fourth-order valence-corrected chi connectivity index (χ4v) is 5.43. The van der Waals surface area contributed by atoms with E-state index in [0.29, 0.717) is 41.1 Å². The Bertz CT molecular complexity index is 1370. The molecule has 0 bridgehead atoms. The second kappa shape index (κ2) is 10.4. The molecule has 39 heavy (non-hydrogen) atoms. The van der Waals surface area contributed by atoms with E-state index in [1.807, 2.05) is 52.8 Å². The number of fused-ring (bicyclic) bond motifs is 2. The maximum Gasteiger partial charge on any atom is 0.408 e. The van der Waals surface area contributed by atoms with Gasteiger partial charge in [0.25, 0.3) is 0 Å². The first-order valence-corrected chi connectivity index (χ1v) is 13.7. The molecule has 0 unspecified atom stereocenters. The van der Waals surface area contributed by atoms with E-state index in [1.54, 1.807) is 12.1 Å². The van der Waals surface area contributed by atoms with Crippen molar-refractivity contribution in [3.63, 3.8) is 0 Å². The number of carbonyl (C=O) groups excluding carboxylic acids is 1. The average molecular weight is 578 g/mol. The number of amides is 1. The molecule has 2 aliphatic heterocycles. The molecule has 1 amide bonds. The van der Waals surface area contributed by atoms with Crippen LogP contribution < -0.4 is 15.0 Å². The molecule has 2 aliphatic rings. The smallest absolute Gasteiger partial charge is 0.408 e. The van der Waals surface area contributed by atoms with Gasteiger partial charge in [-0.15, -0.1) is 0 Å². The van der Waals surface area contributed by atoms with Crippen LogP contribution in [0.1, 0.15) is 45.9 Å². The molecular weight excluding hydrogens is 543 g/mol. The minimum Gasteiger partial charge on any atom is -0.485 e. The van der Waals surface area contributed by atoms with Crippen molar-refractivity contribution in [2.24, 2.45) is 0 Å². The van der Waals surface area contributed by atoms with Crippen molar-refractivity contribution in [3.8, 4) is 5.75 Å². The minimum absolute atomic E-state index is 0.250. The van der Waals surface area contributed by atoms with Crippen LogP contribution in [0.3, 0.4) is 0 Å². The Kier molecular flexibility index (Phi) is 7.44. The van der Waals surface area contributed by atoms with Gasteiger partial charge in [-0.05, 0) is 65.3 Å².